The van der Waals surface area contributed by atoms with Crippen molar-refractivity contribution in [1.29, 1.82) is 0 Å². The van der Waals surface area contributed by atoms with Crippen molar-refractivity contribution in [3.8, 4) is 0 Å². The molecule has 1 fully saturated rings. The Kier molecular flexibility index (Phi) is 5.56. The van der Waals surface area contributed by atoms with Crippen LogP contribution < -0.4 is 0 Å². The normalized spacial score (nSPS) is 15.0. The van der Waals surface area contributed by atoms with E-state index in [4.69, 9.17) is 27.9 Å². The summed E-state index contributed by atoms with van der Waals surface area (Å²) in [5.74, 6) is -1.02. The number of carbonyl (C=O) groups excluding carboxylic acids is 2. The summed E-state index contributed by atoms with van der Waals surface area (Å²) in [7, 11) is 0. The molecule has 25 heavy (non-hydrogen) atoms. The van der Waals surface area contributed by atoms with Crippen molar-refractivity contribution in [2.75, 3.05) is 13.1 Å². The van der Waals surface area contributed by atoms with E-state index in [1.165, 1.54) is 12.1 Å². The zero-order valence-corrected chi connectivity index (χ0v) is 14.8. The second kappa shape index (κ2) is 7.85. The number of likely N-dealkylation sites (tertiary alicyclic amines) is 1. The molecular weight excluding hydrogens is 363 g/mol. The van der Waals surface area contributed by atoms with E-state index in [2.05, 4.69) is 4.98 Å². The maximum atomic E-state index is 12.8. The van der Waals surface area contributed by atoms with Crippen LogP contribution in [-0.2, 0) is 9.53 Å². The highest BCUT2D eigenvalue weighted by atomic mass is 35.5. The van der Waals surface area contributed by atoms with Crippen LogP contribution in [0.5, 0.6) is 0 Å². The molecule has 130 valence electrons. The lowest BCUT2D eigenvalue weighted by atomic mass is 10.1. The van der Waals surface area contributed by atoms with Gasteiger partial charge in [0.25, 0.3) is 5.91 Å². The van der Waals surface area contributed by atoms with E-state index in [-0.39, 0.29) is 21.8 Å². The summed E-state index contributed by atoms with van der Waals surface area (Å²) in [6.07, 6.45) is 0.856. The summed E-state index contributed by atoms with van der Waals surface area (Å²) in [6, 6.07) is 11.9. The van der Waals surface area contributed by atoms with E-state index < -0.39 is 12.1 Å². The number of hydrogen-bond acceptors (Lipinski definition) is 4. The zero-order chi connectivity index (χ0) is 17.8. The Bertz CT molecular complexity index is 777. The summed E-state index contributed by atoms with van der Waals surface area (Å²) in [5.41, 5.74) is 0.496. The van der Waals surface area contributed by atoms with E-state index in [1.807, 2.05) is 6.07 Å². The maximum Gasteiger partial charge on any atom is 0.359 e. The van der Waals surface area contributed by atoms with Gasteiger partial charge < -0.3 is 9.64 Å². The molecule has 2 heterocycles. The fourth-order valence-corrected chi connectivity index (χ4v) is 3.05. The third-order valence-corrected chi connectivity index (χ3v) is 4.49. The first-order chi connectivity index (χ1) is 12.1. The van der Waals surface area contributed by atoms with Crippen LogP contribution >= 0.6 is 23.2 Å². The number of ether oxygens (including phenoxy) is 1. The largest absolute Gasteiger partial charge is 0.443 e. The summed E-state index contributed by atoms with van der Waals surface area (Å²) in [6.45, 7) is 1.33. The quantitative estimate of drug-likeness (QED) is 0.597. The molecule has 1 saturated heterocycles. The van der Waals surface area contributed by atoms with Gasteiger partial charge in [0, 0.05) is 18.7 Å². The predicted octanol–water partition coefficient (Wildman–Crippen LogP) is 3.91. The lowest BCUT2D eigenvalue weighted by Crippen LogP contribution is -2.35. The third kappa shape index (κ3) is 4.11. The monoisotopic (exact) mass is 378 g/mol. The van der Waals surface area contributed by atoms with Crippen LogP contribution in [0.3, 0.4) is 0 Å². The molecule has 0 aliphatic carbocycles. The number of rotatable bonds is 4. The molecule has 0 saturated carbocycles. The van der Waals surface area contributed by atoms with E-state index in [0.717, 1.165) is 12.8 Å². The first-order valence-electron chi connectivity index (χ1n) is 7.93. The molecule has 5 nitrogen and oxygen atoms in total. The zero-order valence-electron chi connectivity index (χ0n) is 13.3. The first-order valence-corrected chi connectivity index (χ1v) is 8.68. The second-order valence-electron chi connectivity index (χ2n) is 5.69. The standard InChI is InChI=1S/C18H16Cl2N2O3/c19-13-8-9-14(20)21-15(13)18(24)25-16(12-6-2-1-3-7-12)17(23)22-10-4-5-11-22/h1-3,6-9,16H,4-5,10-11H2/t16-/m0/s1. The molecule has 1 amide bonds. The average molecular weight is 379 g/mol. The number of carbonyl (C=O) groups is 2. The van der Waals surface area contributed by atoms with Crippen molar-refractivity contribution in [3.63, 3.8) is 0 Å². The van der Waals surface area contributed by atoms with Crippen molar-refractivity contribution < 1.29 is 14.3 Å². The molecule has 0 spiro atoms. The molecule has 1 aliphatic rings. The van der Waals surface area contributed by atoms with Crippen molar-refractivity contribution in [1.82, 2.24) is 9.88 Å². The van der Waals surface area contributed by atoms with Gasteiger partial charge in [0.2, 0.25) is 6.10 Å². The van der Waals surface area contributed by atoms with Crippen LogP contribution in [0, 0.1) is 0 Å². The van der Waals surface area contributed by atoms with Crippen LogP contribution in [0.15, 0.2) is 42.5 Å². The Labute approximate surface area is 155 Å². The summed E-state index contributed by atoms with van der Waals surface area (Å²) in [5, 5.41) is 0.244. The minimum Gasteiger partial charge on any atom is -0.443 e. The number of nitrogens with zero attached hydrogens (tertiary/aromatic N) is 2. The maximum absolute atomic E-state index is 12.8. The highest BCUT2D eigenvalue weighted by Gasteiger charge is 2.32. The number of esters is 1. The minimum absolute atomic E-state index is 0.107. The lowest BCUT2D eigenvalue weighted by molar-refractivity contribution is -0.140. The Hall–Kier alpha value is -2.11. The highest BCUT2D eigenvalue weighted by Crippen LogP contribution is 2.26. The summed E-state index contributed by atoms with van der Waals surface area (Å²) in [4.78, 5) is 31.0. The van der Waals surface area contributed by atoms with Crippen molar-refractivity contribution in [2.24, 2.45) is 0 Å². The number of pyridine rings is 1. The van der Waals surface area contributed by atoms with Gasteiger partial charge in [-0.1, -0.05) is 53.5 Å². The minimum atomic E-state index is -1.04. The van der Waals surface area contributed by atoms with Crippen molar-refractivity contribution in [2.45, 2.75) is 18.9 Å². The third-order valence-electron chi connectivity index (χ3n) is 3.97. The molecular formula is C18H16Cl2N2O3. The number of halogens is 2. The molecule has 3 rings (SSSR count). The molecule has 1 aromatic carbocycles. The highest BCUT2D eigenvalue weighted by molar-refractivity contribution is 6.34. The average Bonchev–Trinajstić information content (AvgIpc) is 3.16. The van der Waals surface area contributed by atoms with E-state index in [9.17, 15) is 9.59 Å². The predicted molar refractivity (Wildman–Crippen MR) is 94.7 cm³/mol. The van der Waals surface area contributed by atoms with E-state index in [0.29, 0.717) is 18.7 Å². The molecule has 7 heteroatoms. The Balaban J connectivity index is 1.88. The SMILES string of the molecule is O=C(O[C@H](C(=O)N1CCCC1)c1ccccc1)c1nc(Cl)ccc1Cl. The van der Waals surface area contributed by atoms with Gasteiger partial charge in [-0.15, -0.1) is 0 Å². The molecule has 1 aromatic heterocycles. The second-order valence-corrected chi connectivity index (χ2v) is 6.49. The summed E-state index contributed by atoms with van der Waals surface area (Å²) < 4.78 is 5.50. The summed E-state index contributed by atoms with van der Waals surface area (Å²) >= 11 is 11.8. The van der Waals surface area contributed by atoms with Crippen molar-refractivity contribution >= 4 is 35.1 Å². The fourth-order valence-electron chi connectivity index (χ4n) is 2.72. The molecule has 0 N–H and O–H groups in total. The number of amides is 1. The van der Waals surface area contributed by atoms with Gasteiger partial charge in [-0.25, -0.2) is 9.78 Å². The first kappa shape index (κ1) is 17.7. The van der Waals surface area contributed by atoms with Crippen LogP contribution in [0.1, 0.15) is 35.0 Å². The van der Waals surface area contributed by atoms with Crippen LogP contribution in [0.25, 0.3) is 0 Å². The van der Waals surface area contributed by atoms with Gasteiger partial charge in [0.15, 0.2) is 5.69 Å². The number of benzene rings is 1. The van der Waals surface area contributed by atoms with Gasteiger partial charge in [-0.3, -0.25) is 4.79 Å². The smallest absolute Gasteiger partial charge is 0.359 e. The van der Waals surface area contributed by atoms with Gasteiger partial charge in [0.1, 0.15) is 5.15 Å². The lowest BCUT2D eigenvalue weighted by Gasteiger charge is -2.23. The Morgan fingerprint density at radius 1 is 1.04 bits per heavy atom. The molecule has 1 atom stereocenters. The Morgan fingerprint density at radius 2 is 1.72 bits per heavy atom. The topological polar surface area (TPSA) is 59.5 Å². The van der Waals surface area contributed by atoms with Crippen LogP contribution in [0.2, 0.25) is 10.2 Å². The van der Waals surface area contributed by atoms with Gasteiger partial charge >= 0.3 is 5.97 Å². The van der Waals surface area contributed by atoms with Crippen LogP contribution in [-0.4, -0.2) is 34.8 Å². The van der Waals surface area contributed by atoms with E-state index in [1.54, 1.807) is 29.2 Å². The molecule has 0 bridgehead atoms. The molecule has 1 aliphatic heterocycles. The molecule has 2 aromatic rings. The molecule has 0 radical (unpaired) electrons. The molecule has 0 unspecified atom stereocenters. The van der Waals surface area contributed by atoms with Crippen molar-refractivity contribution in [3.05, 3.63) is 63.9 Å². The number of hydrogen-bond donors (Lipinski definition) is 0. The number of aromatic nitrogens is 1. The van der Waals surface area contributed by atoms with Gasteiger partial charge in [-0.2, -0.15) is 0 Å². The van der Waals surface area contributed by atoms with Gasteiger partial charge in [0.05, 0.1) is 5.02 Å². The van der Waals surface area contributed by atoms with E-state index >= 15 is 0 Å². The Morgan fingerprint density at radius 3 is 2.40 bits per heavy atom. The fraction of sp³-hybridized carbons (Fsp3) is 0.278. The van der Waals surface area contributed by atoms with Gasteiger partial charge in [-0.05, 0) is 25.0 Å². The van der Waals surface area contributed by atoms with Crippen LogP contribution in [0.4, 0.5) is 0 Å².